The average Bonchev–Trinajstić information content (AvgIpc) is 3.21. The van der Waals surface area contributed by atoms with Crippen molar-refractivity contribution in [1.29, 1.82) is 0 Å². The Balaban J connectivity index is 1.76. The molecule has 0 spiro atoms. The van der Waals surface area contributed by atoms with Gasteiger partial charge in [-0.2, -0.15) is 0 Å². The smallest absolute Gasteiger partial charge is 0.310 e. The van der Waals surface area contributed by atoms with Crippen molar-refractivity contribution in [3.05, 3.63) is 52.2 Å². The largest absolute Gasteiger partial charge is 0.469 e. The van der Waals surface area contributed by atoms with E-state index in [1.54, 1.807) is 17.4 Å². The van der Waals surface area contributed by atoms with Crippen LogP contribution in [-0.4, -0.2) is 45.3 Å². The van der Waals surface area contributed by atoms with Crippen molar-refractivity contribution in [3.63, 3.8) is 0 Å². The van der Waals surface area contributed by atoms with Gasteiger partial charge in [-0.05, 0) is 41.3 Å². The lowest BCUT2D eigenvalue weighted by molar-refractivity contribution is -0.139. The molecule has 7 heteroatoms. The molecular weight excluding hydrogens is 364 g/mol. The average molecular weight is 386 g/mol. The highest BCUT2D eigenvalue weighted by molar-refractivity contribution is 7.10. The lowest BCUT2D eigenvalue weighted by Gasteiger charge is -2.30. The van der Waals surface area contributed by atoms with Crippen molar-refractivity contribution in [3.8, 4) is 0 Å². The van der Waals surface area contributed by atoms with Crippen molar-refractivity contribution in [2.24, 2.45) is 0 Å². The summed E-state index contributed by atoms with van der Waals surface area (Å²) in [6.45, 7) is 2.85. The van der Waals surface area contributed by atoms with E-state index in [0.29, 0.717) is 18.9 Å². The highest BCUT2D eigenvalue weighted by Gasteiger charge is 2.17. The first-order valence-corrected chi connectivity index (χ1v) is 9.58. The molecule has 1 saturated heterocycles. The van der Waals surface area contributed by atoms with Crippen LogP contribution >= 0.6 is 11.3 Å². The van der Waals surface area contributed by atoms with Gasteiger partial charge in [-0.3, -0.25) is 9.59 Å². The molecule has 6 nitrogen and oxygen atoms in total. The Bertz CT molecular complexity index is 811. The van der Waals surface area contributed by atoms with Gasteiger partial charge < -0.3 is 19.7 Å². The minimum absolute atomic E-state index is 0.151. The molecule has 142 valence electrons. The van der Waals surface area contributed by atoms with E-state index in [2.05, 4.69) is 10.2 Å². The molecule has 1 amide bonds. The lowest BCUT2D eigenvalue weighted by Crippen LogP contribution is -2.37. The molecule has 1 fully saturated rings. The van der Waals surface area contributed by atoms with Gasteiger partial charge in [0.05, 0.1) is 26.7 Å². The van der Waals surface area contributed by atoms with Crippen LogP contribution in [0.4, 0.5) is 11.4 Å². The maximum atomic E-state index is 12.2. The van der Waals surface area contributed by atoms with E-state index in [0.717, 1.165) is 29.2 Å². The zero-order valence-corrected chi connectivity index (χ0v) is 16.0. The first-order chi connectivity index (χ1) is 13.2. The molecule has 0 unspecified atom stereocenters. The van der Waals surface area contributed by atoms with Crippen LogP contribution in [0.25, 0.3) is 6.08 Å². The van der Waals surface area contributed by atoms with Gasteiger partial charge in [-0.1, -0.05) is 6.07 Å². The Kier molecular flexibility index (Phi) is 6.62. The molecule has 0 atom stereocenters. The van der Waals surface area contributed by atoms with Gasteiger partial charge in [0.2, 0.25) is 5.91 Å². The second kappa shape index (κ2) is 9.34. The van der Waals surface area contributed by atoms with E-state index in [-0.39, 0.29) is 18.3 Å². The number of rotatable bonds is 6. The van der Waals surface area contributed by atoms with Crippen molar-refractivity contribution >= 4 is 40.7 Å². The molecule has 2 heterocycles. The molecule has 1 aromatic heterocycles. The SMILES string of the molecule is COC(=O)Cc1cc(NC(=O)/C=C\c2cccs2)ccc1N1CCOCC1. The van der Waals surface area contributed by atoms with Crippen molar-refractivity contribution < 1.29 is 19.1 Å². The van der Waals surface area contributed by atoms with Crippen LogP contribution in [-0.2, 0) is 25.5 Å². The molecule has 1 aliphatic heterocycles. The minimum Gasteiger partial charge on any atom is -0.469 e. The number of carbonyl (C=O) groups is 2. The van der Waals surface area contributed by atoms with Gasteiger partial charge in [0.15, 0.2) is 0 Å². The number of methoxy groups -OCH3 is 1. The number of ether oxygens (including phenoxy) is 2. The predicted molar refractivity (Wildman–Crippen MR) is 107 cm³/mol. The monoisotopic (exact) mass is 386 g/mol. The number of morpholine rings is 1. The summed E-state index contributed by atoms with van der Waals surface area (Å²) in [7, 11) is 1.37. The molecule has 0 saturated carbocycles. The number of benzene rings is 1. The molecule has 1 aliphatic rings. The van der Waals surface area contributed by atoms with Crippen LogP contribution < -0.4 is 10.2 Å². The van der Waals surface area contributed by atoms with E-state index in [1.807, 2.05) is 35.7 Å². The number of anilines is 2. The quantitative estimate of drug-likeness (QED) is 0.611. The lowest BCUT2D eigenvalue weighted by atomic mass is 10.1. The topological polar surface area (TPSA) is 67.9 Å². The molecule has 0 bridgehead atoms. The molecular formula is C20H22N2O4S. The van der Waals surface area contributed by atoms with Crippen LogP contribution in [0.2, 0.25) is 0 Å². The summed E-state index contributed by atoms with van der Waals surface area (Å²) in [4.78, 5) is 27.2. The zero-order valence-electron chi connectivity index (χ0n) is 15.1. The van der Waals surface area contributed by atoms with E-state index in [9.17, 15) is 9.59 Å². The van der Waals surface area contributed by atoms with Gasteiger partial charge in [0.25, 0.3) is 0 Å². The van der Waals surface area contributed by atoms with Crippen LogP contribution in [0, 0.1) is 0 Å². The third-order valence-electron chi connectivity index (χ3n) is 4.20. The van der Waals surface area contributed by atoms with Gasteiger partial charge >= 0.3 is 5.97 Å². The van der Waals surface area contributed by atoms with Gasteiger partial charge in [0, 0.05) is 35.4 Å². The molecule has 0 aliphatic carbocycles. The zero-order chi connectivity index (χ0) is 19.1. The maximum Gasteiger partial charge on any atom is 0.310 e. The number of carbonyl (C=O) groups excluding carboxylic acids is 2. The number of esters is 1. The van der Waals surface area contributed by atoms with E-state index < -0.39 is 0 Å². The summed E-state index contributed by atoms with van der Waals surface area (Å²) in [5.41, 5.74) is 2.44. The van der Waals surface area contributed by atoms with Gasteiger partial charge in [-0.25, -0.2) is 0 Å². The fourth-order valence-electron chi connectivity index (χ4n) is 2.87. The van der Waals surface area contributed by atoms with Crippen LogP contribution in [0.3, 0.4) is 0 Å². The molecule has 27 heavy (non-hydrogen) atoms. The van der Waals surface area contributed by atoms with Crippen molar-refractivity contribution in [1.82, 2.24) is 0 Å². The summed E-state index contributed by atoms with van der Waals surface area (Å²) >= 11 is 1.57. The second-order valence-electron chi connectivity index (χ2n) is 6.03. The first kappa shape index (κ1) is 19.1. The van der Waals surface area contributed by atoms with Crippen LogP contribution in [0.1, 0.15) is 10.4 Å². The number of thiophene rings is 1. The number of hydrogen-bond donors (Lipinski definition) is 1. The third-order valence-corrected chi connectivity index (χ3v) is 5.04. The summed E-state index contributed by atoms with van der Waals surface area (Å²) in [5.74, 6) is -0.530. The van der Waals surface area contributed by atoms with Crippen molar-refractivity contribution in [2.75, 3.05) is 43.6 Å². The second-order valence-corrected chi connectivity index (χ2v) is 7.01. The number of amides is 1. The molecule has 0 radical (unpaired) electrons. The molecule has 1 N–H and O–H groups in total. The molecule has 2 aromatic rings. The Hall–Kier alpha value is -2.64. The first-order valence-electron chi connectivity index (χ1n) is 8.71. The summed E-state index contributed by atoms with van der Waals surface area (Å²) in [6, 6.07) is 9.50. The minimum atomic E-state index is -0.314. The van der Waals surface area contributed by atoms with Crippen LogP contribution in [0.15, 0.2) is 41.8 Å². The van der Waals surface area contributed by atoms with E-state index >= 15 is 0 Å². The Morgan fingerprint density at radius 1 is 1.30 bits per heavy atom. The third kappa shape index (κ3) is 5.42. The standard InChI is InChI=1S/C20H22N2O4S/c1-25-20(24)14-15-13-16(4-6-18(15)22-8-10-26-11-9-22)21-19(23)7-5-17-3-2-12-27-17/h2-7,12-13H,8-11,14H2,1H3,(H,21,23)/b7-5-. The van der Waals surface area contributed by atoms with Gasteiger partial charge in [0.1, 0.15) is 0 Å². The number of nitrogens with one attached hydrogen (secondary N) is 1. The molecule has 3 rings (SSSR count). The summed E-state index contributed by atoms with van der Waals surface area (Å²) < 4.78 is 10.2. The Labute approximate surface area is 162 Å². The van der Waals surface area contributed by atoms with Crippen molar-refractivity contribution in [2.45, 2.75) is 6.42 Å². The number of nitrogens with zero attached hydrogens (tertiary/aromatic N) is 1. The van der Waals surface area contributed by atoms with E-state index in [1.165, 1.54) is 13.2 Å². The highest BCUT2D eigenvalue weighted by Crippen LogP contribution is 2.26. The highest BCUT2D eigenvalue weighted by atomic mass is 32.1. The van der Waals surface area contributed by atoms with Crippen LogP contribution in [0.5, 0.6) is 0 Å². The normalized spacial score (nSPS) is 14.3. The summed E-state index contributed by atoms with van der Waals surface area (Å²) in [6.07, 6.45) is 3.43. The summed E-state index contributed by atoms with van der Waals surface area (Å²) in [5, 5.41) is 4.81. The fourth-order valence-corrected chi connectivity index (χ4v) is 3.49. The van der Waals surface area contributed by atoms with Gasteiger partial charge in [-0.15, -0.1) is 11.3 Å². The predicted octanol–water partition coefficient (Wildman–Crippen LogP) is 2.95. The maximum absolute atomic E-state index is 12.2. The molecule has 1 aromatic carbocycles. The van der Waals surface area contributed by atoms with E-state index in [4.69, 9.17) is 9.47 Å². The number of hydrogen-bond acceptors (Lipinski definition) is 6. The fraction of sp³-hybridized carbons (Fsp3) is 0.300. The Morgan fingerprint density at radius 3 is 2.81 bits per heavy atom. The Morgan fingerprint density at radius 2 is 2.11 bits per heavy atom.